The predicted molar refractivity (Wildman–Crippen MR) is 56.6 cm³/mol. The van der Waals surface area contributed by atoms with Gasteiger partial charge in [0, 0.05) is 12.7 Å². The molecule has 1 aromatic carbocycles. The number of ether oxygens (including phenoxy) is 1. The Kier molecular flexibility index (Phi) is 4.43. The first kappa shape index (κ1) is 11.0. The number of hydrogen-bond donors (Lipinski definition) is 0. The molecule has 1 rings (SSSR count). The van der Waals surface area contributed by atoms with E-state index in [4.69, 9.17) is 16.3 Å². The second-order valence-electron chi connectivity index (χ2n) is 2.65. The van der Waals surface area contributed by atoms with Crippen molar-refractivity contribution in [2.75, 3.05) is 14.2 Å². The Morgan fingerprint density at radius 1 is 1.36 bits per heavy atom. The molecule has 0 bridgehead atoms. The summed E-state index contributed by atoms with van der Waals surface area (Å²) >= 11 is 5.92. The van der Waals surface area contributed by atoms with Crippen LogP contribution in [0.25, 0.3) is 0 Å². The zero-order chi connectivity index (χ0) is 10.4. The van der Waals surface area contributed by atoms with E-state index in [9.17, 15) is 0 Å². The molecule has 0 atom stereocenters. The maximum absolute atomic E-state index is 5.92. The first-order valence-electron chi connectivity index (χ1n) is 4.13. The van der Waals surface area contributed by atoms with Gasteiger partial charge in [0.15, 0.2) is 5.17 Å². The molecule has 0 aromatic heterocycles. The van der Waals surface area contributed by atoms with Gasteiger partial charge in [-0.3, -0.25) is 0 Å². The van der Waals surface area contributed by atoms with Crippen molar-refractivity contribution in [3.63, 3.8) is 0 Å². The van der Waals surface area contributed by atoms with Crippen molar-refractivity contribution in [1.29, 1.82) is 0 Å². The Balaban J connectivity index is 3.00. The average Bonchev–Trinajstić information content (AvgIpc) is 2.19. The molecule has 0 heterocycles. The lowest BCUT2D eigenvalue weighted by Crippen LogP contribution is -2.00. The summed E-state index contributed by atoms with van der Waals surface area (Å²) in [6.45, 7) is 0.506. The van der Waals surface area contributed by atoms with Gasteiger partial charge in [-0.05, 0) is 5.56 Å². The van der Waals surface area contributed by atoms with E-state index in [2.05, 4.69) is 9.99 Å². The molecule has 4 heteroatoms. The van der Waals surface area contributed by atoms with Crippen LogP contribution in [0.5, 0.6) is 0 Å². The lowest BCUT2D eigenvalue weighted by Gasteiger charge is -2.05. The smallest absolute Gasteiger partial charge is 0.175 e. The fraction of sp³-hybridized carbons (Fsp3) is 0.300. The number of methoxy groups -OCH3 is 1. The second kappa shape index (κ2) is 5.62. The number of benzene rings is 1. The summed E-state index contributed by atoms with van der Waals surface area (Å²) in [5.74, 6) is 0. The summed E-state index contributed by atoms with van der Waals surface area (Å²) in [5, 5.41) is 4.00. The standard InChI is InChI=1S/C10H12ClNO2/c1-13-7-8-5-3-4-6-9(8)10(11)12-14-2/h3-6H,7H2,1-2H3/b12-10-. The van der Waals surface area contributed by atoms with E-state index >= 15 is 0 Å². The van der Waals surface area contributed by atoms with Gasteiger partial charge in [0.1, 0.15) is 7.11 Å². The summed E-state index contributed by atoms with van der Waals surface area (Å²) < 4.78 is 5.04. The van der Waals surface area contributed by atoms with Gasteiger partial charge in [-0.15, -0.1) is 0 Å². The lowest BCUT2D eigenvalue weighted by molar-refractivity contribution is 0.184. The molecule has 0 N–H and O–H groups in total. The van der Waals surface area contributed by atoms with Gasteiger partial charge < -0.3 is 9.57 Å². The quantitative estimate of drug-likeness (QED) is 0.568. The maximum Gasteiger partial charge on any atom is 0.175 e. The van der Waals surface area contributed by atoms with Crippen molar-refractivity contribution in [3.05, 3.63) is 35.4 Å². The number of hydrogen-bond acceptors (Lipinski definition) is 3. The monoisotopic (exact) mass is 213 g/mol. The fourth-order valence-corrected chi connectivity index (χ4v) is 1.39. The van der Waals surface area contributed by atoms with Gasteiger partial charge in [-0.2, -0.15) is 0 Å². The predicted octanol–water partition coefficient (Wildman–Crippen LogP) is 2.38. The van der Waals surface area contributed by atoms with E-state index in [-0.39, 0.29) is 0 Å². The van der Waals surface area contributed by atoms with Crippen LogP contribution in [-0.4, -0.2) is 19.4 Å². The van der Waals surface area contributed by atoms with Crippen molar-refractivity contribution >= 4 is 16.8 Å². The number of oxime groups is 1. The minimum Gasteiger partial charge on any atom is -0.398 e. The summed E-state index contributed by atoms with van der Waals surface area (Å²) in [6.07, 6.45) is 0. The van der Waals surface area contributed by atoms with E-state index in [1.807, 2.05) is 24.3 Å². The Morgan fingerprint density at radius 2 is 2.07 bits per heavy atom. The molecule has 0 aliphatic carbocycles. The minimum absolute atomic E-state index is 0.333. The van der Waals surface area contributed by atoms with Gasteiger partial charge in [-0.1, -0.05) is 41.0 Å². The van der Waals surface area contributed by atoms with Crippen LogP contribution in [0.1, 0.15) is 11.1 Å². The van der Waals surface area contributed by atoms with Crippen LogP contribution in [0.2, 0.25) is 0 Å². The van der Waals surface area contributed by atoms with Gasteiger partial charge in [-0.25, -0.2) is 0 Å². The molecule has 76 valence electrons. The molecule has 0 spiro atoms. The van der Waals surface area contributed by atoms with Crippen LogP contribution in [-0.2, 0) is 16.2 Å². The third kappa shape index (κ3) is 2.72. The van der Waals surface area contributed by atoms with Gasteiger partial charge in [0.2, 0.25) is 0 Å². The molecule has 0 saturated carbocycles. The highest BCUT2D eigenvalue weighted by Crippen LogP contribution is 2.13. The highest BCUT2D eigenvalue weighted by atomic mass is 35.5. The molecule has 0 radical (unpaired) electrons. The fourth-order valence-electron chi connectivity index (χ4n) is 1.13. The van der Waals surface area contributed by atoms with E-state index in [0.29, 0.717) is 11.8 Å². The normalized spacial score (nSPS) is 11.5. The second-order valence-corrected chi connectivity index (χ2v) is 3.01. The molecule has 0 saturated heterocycles. The summed E-state index contributed by atoms with van der Waals surface area (Å²) in [4.78, 5) is 4.61. The van der Waals surface area contributed by atoms with Crippen LogP contribution in [0.4, 0.5) is 0 Å². The summed E-state index contributed by atoms with van der Waals surface area (Å²) in [7, 11) is 3.10. The third-order valence-corrected chi connectivity index (χ3v) is 1.98. The van der Waals surface area contributed by atoms with Crippen molar-refractivity contribution < 1.29 is 9.57 Å². The van der Waals surface area contributed by atoms with Crippen LogP contribution in [0.15, 0.2) is 29.4 Å². The zero-order valence-corrected chi connectivity index (χ0v) is 8.91. The number of nitrogens with zero attached hydrogens (tertiary/aromatic N) is 1. The maximum atomic E-state index is 5.92. The van der Waals surface area contributed by atoms with E-state index < -0.39 is 0 Å². The third-order valence-electron chi connectivity index (χ3n) is 1.71. The molecular formula is C10H12ClNO2. The largest absolute Gasteiger partial charge is 0.398 e. The van der Waals surface area contributed by atoms with E-state index in [1.165, 1.54) is 7.11 Å². The number of rotatable bonds is 4. The van der Waals surface area contributed by atoms with Crippen molar-refractivity contribution in [1.82, 2.24) is 0 Å². The van der Waals surface area contributed by atoms with Crippen molar-refractivity contribution in [3.8, 4) is 0 Å². The molecule has 1 aromatic rings. The minimum atomic E-state index is 0.333. The zero-order valence-electron chi connectivity index (χ0n) is 8.16. The molecule has 14 heavy (non-hydrogen) atoms. The topological polar surface area (TPSA) is 30.8 Å². The van der Waals surface area contributed by atoms with Crippen LogP contribution >= 0.6 is 11.6 Å². The molecule has 0 aliphatic heterocycles. The average molecular weight is 214 g/mol. The molecular weight excluding hydrogens is 202 g/mol. The van der Waals surface area contributed by atoms with Crippen molar-refractivity contribution in [2.45, 2.75) is 6.61 Å². The highest BCUT2D eigenvalue weighted by Gasteiger charge is 2.06. The van der Waals surface area contributed by atoms with Crippen LogP contribution < -0.4 is 0 Å². The van der Waals surface area contributed by atoms with Gasteiger partial charge in [0.05, 0.1) is 6.61 Å². The molecule has 0 unspecified atom stereocenters. The molecule has 3 nitrogen and oxygen atoms in total. The van der Waals surface area contributed by atoms with Gasteiger partial charge in [0.25, 0.3) is 0 Å². The first-order valence-corrected chi connectivity index (χ1v) is 4.51. The van der Waals surface area contributed by atoms with Crippen molar-refractivity contribution in [2.24, 2.45) is 5.16 Å². The summed E-state index contributed by atoms with van der Waals surface area (Å²) in [5.41, 5.74) is 1.82. The SMILES string of the molecule is COCc1ccccc1/C(Cl)=N/OC. The molecule has 0 aliphatic rings. The molecule has 0 fully saturated rings. The Morgan fingerprint density at radius 3 is 2.71 bits per heavy atom. The Labute approximate surface area is 88.3 Å². The highest BCUT2D eigenvalue weighted by molar-refractivity contribution is 6.69. The van der Waals surface area contributed by atoms with E-state index in [1.54, 1.807) is 7.11 Å². The molecule has 0 amide bonds. The Bertz CT molecular complexity index is 326. The number of halogens is 1. The van der Waals surface area contributed by atoms with Crippen LogP contribution in [0.3, 0.4) is 0 Å². The lowest BCUT2D eigenvalue weighted by atomic mass is 10.1. The van der Waals surface area contributed by atoms with E-state index in [0.717, 1.165) is 11.1 Å². The summed E-state index contributed by atoms with van der Waals surface area (Å²) in [6, 6.07) is 7.63. The Hall–Kier alpha value is -1.06. The van der Waals surface area contributed by atoms with Gasteiger partial charge >= 0.3 is 0 Å². The first-order chi connectivity index (χ1) is 6.79. The van der Waals surface area contributed by atoms with Crippen LogP contribution in [0, 0.1) is 0 Å².